The maximum Gasteiger partial charge on any atom is 0.244 e. The first-order valence-corrected chi connectivity index (χ1v) is 7.78. The molecule has 5 heteroatoms. The van der Waals surface area contributed by atoms with Gasteiger partial charge in [-0.2, -0.15) is 0 Å². The average Bonchev–Trinajstić information content (AvgIpc) is 3.03. The molecule has 0 aliphatic carbocycles. The van der Waals surface area contributed by atoms with Crippen molar-refractivity contribution < 1.29 is 9.53 Å². The van der Waals surface area contributed by atoms with E-state index in [-0.39, 0.29) is 5.91 Å². The van der Waals surface area contributed by atoms with Crippen molar-refractivity contribution in [1.82, 2.24) is 14.7 Å². The van der Waals surface area contributed by atoms with E-state index in [0.29, 0.717) is 13.0 Å². The zero-order chi connectivity index (χ0) is 16.8. The first-order valence-electron chi connectivity index (χ1n) is 7.78. The predicted octanol–water partition coefficient (Wildman–Crippen LogP) is 2.72. The van der Waals surface area contributed by atoms with Crippen LogP contribution in [0.1, 0.15) is 11.3 Å². The van der Waals surface area contributed by atoms with Gasteiger partial charge in [0, 0.05) is 37.0 Å². The van der Waals surface area contributed by atoms with Crippen LogP contribution in [0.15, 0.2) is 60.9 Å². The van der Waals surface area contributed by atoms with Crippen LogP contribution < -0.4 is 10.1 Å². The average molecular weight is 321 g/mol. The van der Waals surface area contributed by atoms with Crippen LogP contribution >= 0.6 is 0 Å². The molecule has 0 saturated carbocycles. The molecule has 0 saturated heterocycles. The second kappa shape index (κ2) is 7.46. The molecule has 3 rings (SSSR count). The minimum atomic E-state index is -0.135. The number of para-hydroxylation sites is 1. The number of ether oxygens (including phenoxy) is 1. The zero-order valence-electron chi connectivity index (χ0n) is 13.5. The van der Waals surface area contributed by atoms with Gasteiger partial charge in [0.25, 0.3) is 0 Å². The Morgan fingerprint density at radius 1 is 1.25 bits per heavy atom. The Balaban J connectivity index is 1.53. The van der Waals surface area contributed by atoms with E-state index in [9.17, 15) is 4.79 Å². The summed E-state index contributed by atoms with van der Waals surface area (Å²) in [5.41, 5.74) is 2.74. The van der Waals surface area contributed by atoms with Crippen molar-refractivity contribution in [3.8, 4) is 5.75 Å². The minimum Gasteiger partial charge on any atom is -0.496 e. The van der Waals surface area contributed by atoms with Gasteiger partial charge < -0.3 is 14.5 Å². The monoisotopic (exact) mass is 321 g/mol. The van der Waals surface area contributed by atoms with E-state index in [1.807, 2.05) is 59.3 Å². The Morgan fingerprint density at radius 3 is 2.92 bits per heavy atom. The Bertz CT molecular complexity index is 835. The third kappa shape index (κ3) is 3.81. The number of imidazole rings is 1. The molecular weight excluding hydrogens is 302 g/mol. The fourth-order valence-electron chi connectivity index (χ4n) is 2.45. The van der Waals surface area contributed by atoms with Crippen molar-refractivity contribution >= 4 is 17.6 Å². The Kier molecular flexibility index (Phi) is 4.91. The van der Waals surface area contributed by atoms with E-state index in [2.05, 4.69) is 10.3 Å². The third-order valence-corrected chi connectivity index (χ3v) is 3.65. The van der Waals surface area contributed by atoms with Crippen molar-refractivity contribution in [2.45, 2.75) is 6.42 Å². The second-order valence-electron chi connectivity index (χ2n) is 5.31. The lowest BCUT2D eigenvalue weighted by Crippen LogP contribution is -2.23. The fraction of sp³-hybridized carbons (Fsp3) is 0.158. The van der Waals surface area contributed by atoms with E-state index >= 15 is 0 Å². The summed E-state index contributed by atoms with van der Waals surface area (Å²) in [5.74, 6) is 0.607. The van der Waals surface area contributed by atoms with Crippen LogP contribution in [-0.4, -0.2) is 28.9 Å². The summed E-state index contributed by atoms with van der Waals surface area (Å²) in [7, 11) is 1.61. The number of carbonyl (C=O) groups is 1. The largest absolute Gasteiger partial charge is 0.496 e. The molecule has 2 aromatic heterocycles. The quantitative estimate of drug-likeness (QED) is 0.710. The molecule has 0 radical (unpaired) electrons. The Hall–Kier alpha value is -3.08. The fourth-order valence-corrected chi connectivity index (χ4v) is 2.45. The van der Waals surface area contributed by atoms with Gasteiger partial charge >= 0.3 is 0 Å². The van der Waals surface area contributed by atoms with E-state index in [1.165, 1.54) is 6.08 Å². The van der Waals surface area contributed by atoms with E-state index in [1.54, 1.807) is 13.2 Å². The van der Waals surface area contributed by atoms with E-state index in [4.69, 9.17) is 4.74 Å². The summed E-state index contributed by atoms with van der Waals surface area (Å²) in [4.78, 5) is 16.4. The van der Waals surface area contributed by atoms with Gasteiger partial charge in [-0.15, -0.1) is 0 Å². The molecule has 0 bridgehead atoms. The third-order valence-electron chi connectivity index (χ3n) is 3.65. The summed E-state index contributed by atoms with van der Waals surface area (Å²) < 4.78 is 7.22. The molecule has 1 amide bonds. The van der Waals surface area contributed by atoms with Crippen LogP contribution in [-0.2, 0) is 11.2 Å². The van der Waals surface area contributed by atoms with Crippen molar-refractivity contribution in [2.24, 2.45) is 0 Å². The van der Waals surface area contributed by atoms with Gasteiger partial charge in [0.2, 0.25) is 5.91 Å². The number of nitrogens with one attached hydrogen (secondary N) is 1. The van der Waals surface area contributed by atoms with E-state index in [0.717, 1.165) is 22.7 Å². The van der Waals surface area contributed by atoms with Crippen molar-refractivity contribution in [1.29, 1.82) is 0 Å². The predicted molar refractivity (Wildman–Crippen MR) is 93.9 cm³/mol. The number of rotatable bonds is 6. The smallest absolute Gasteiger partial charge is 0.244 e. The zero-order valence-corrected chi connectivity index (χ0v) is 13.5. The molecule has 0 fully saturated rings. The highest BCUT2D eigenvalue weighted by Crippen LogP contribution is 2.18. The molecule has 24 heavy (non-hydrogen) atoms. The Morgan fingerprint density at radius 2 is 2.08 bits per heavy atom. The van der Waals surface area contributed by atoms with Crippen LogP contribution in [0.25, 0.3) is 11.7 Å². The van der Waals surface area contributed by atoms with Gasteiger partial charge in [0.05, 0.1) is 12.8 Å². The van der Waals surface area contributed by atoms with Crippen LogP contribution in [0.5, 0.6) is 5.75 Å². The summed E-state index contributed by atoms with van der Waals surface area (Å²) >= 11 is 0. The molecule has 1 aromatic carbocycles. The number of methoxy groups -OCH3 is 1. The van der Waals surface area contributed by atoms with Gasteiger partial charge in [0.1, 0.15) is 11.4 Å². The maximum absolute atomic E-state index is 11.9. The highest BCUT2D eigenvalue weighted by Gasteiger charge is 2.02. The van der Waals surface area contributed by atoms with Gasteiger partial charge in [0.15, 0.2) is 0 Å². The first-order chi connectivity index (χ1) is 11.8. The lowest BCUT2D eigenvalue weighted by molar-refractivity contribution is -0.116. The molecule has 1 N–H and O–H groups in total. The van der Waals surface area contributed by atoms with Crippen molar-refractivity contribution in [3.63, 3.8) is 0 Å². The number of carbonyl (C=O) groups excluding carboxylic acids is 1. The van der Waals surface area contributed by atoms with Gasteiger partial charge in [-0.1, -0.05) is 24.3 Å². The molecule has 0 aliphatic rings. The molecule has 5 nitrogen and oxygen atoms in total. The maximum atomic E-state index is 11.9. The van der Waals surface area contributed by atoms with Gasteiger partial charge in [-0.05, 0) is 24.3 Å². The summed E-state index contributed by atoms with van der Waals surface area (Å²) in [6.45, 7) is 0.541. The summed E-state index contributed by atoms with van der Waals surface area (Å²) in [6.07, 6.45) is 7.89. The molecule has 0 aliphatic heterocycles. The van der Waals surface area contributed by atoms with Crippen LogP contribution in [0, 0.1) is 0 Å². The number of benzene rings is 1. The summed E-state index contributed by atoms with van der Waals surface area (Å²) in [5, 5.41) is 2.87. The number of fused-ring (bicyclic) bond motifs is 1. The second-order valence-corrected chi connectivity index (χ2v) is 5.31. The van der Waals surface area contributed by atoms with Crippen LogP contribution in [0.3, 0.4) is 0 Å². The molecule has 0 atom stereocenters. The van der Waals surface area contributed by atoms with Crippen molar-refractivity contribution in [2.75, 3.05) is 13.7 Å². The lowest BCUT2D eigenvalue weighted by Gasteiger charge is -2.03. The number of pyridine rings is 1. The topological polar surface area (TPSA) is 55.6 Å². The normalized spacial score (nSPS) is 11.0. The summed E-state index contributed by atoms with van der Waals surface area (Å²) in [6, 6.07) is 13.4. The molecule has 0 unspecified atom stereocenters. The van der Waals surface area contributed by atoms with Crippen LogP contribution in [0.2, 0.25) is 0 Å². The van der Waals surface area contributed by atoms with Gasteiger partial charge in [-0.3, -0.25) is 4.79 Å². The standard InChI is InChI=1S/C19H19N3O2/c1-24-17-7-3-2-6-15(17)9-10-19(23)20-12-11-16-14-22-13-5-4-8-18(22)21-16/h2-10,13-14H,11-12H2,1H3,(H,20,23)/b10-9+. The number of nitrogens with zero attached hydrogens (tertiary/aromatic N) is 2. The number of hydrogen-bond acceptors (Lipinski definition) is 3. The molecule has 122 valence electrons. The van der Waals surface area contributed by atoms with Crippen molar-refractivity contribution in [3.05, 3.63) is 72.2 Å². The highest BCUT2D eigenvalue weighted by molar-refractivity contribution is 5.92. The molecular formula is C19H19N3O2. The number of amides is 1. The minimum absolute atomic E-state index is 0.135. The lowest BCUT2D eigenvalue weighted by atomic mass is 10.2. The highest BCUT2D eigenvalue weighted by atomic mass is 16.5. The first kappa shape index (κ1) is 15.8. The van der Waals surface area contributed by atoms with E-state index < -0.39 is 0 Å². The Labute approximate surface area is 140 Å². The SMILES string of the molecule is COc1ccccc1/C=C/C(=O)NCCc1cn2ccccc2n1. The molecule has 3 aromatic rings. The van der Waals surface area contributed by atoms with Gasteiger partial charge in [-0.25, -0.2) is 4.98 Å². The molecule has 0 spiro atoms. The van der Waals surface area contributed by atoms with Crippen LogP contribution in [0.4, 0.5) is 0 Å². The molecule has 2 heterocycles. The number of hydrogen-bond donors (Lipinski definition) is 1. The number of aromatic nitrogens is 2.